The summed E-state index contributed by atoms with van der Waals surface area (Å²) in [6.07, 6.45) is 2.94. The molecule has 4 atom stereocenters. The SMILES string of the molecule is O=C(CN1C(=O)[C@H]2[C@@H]3CC[C@H](C3)[C@@H]2C1=O)Nc1ccc([N+](=O)[O-])cc1. The lowest BCUT2D eigenvalue weighted by Crippen LogP contribution is -2.39. The Bertz CT molecular complexity index is 747. The molecule has 1 aliphatic heterocycles. The first-order valence-corrected chi connectivity index (χ1v) is 8.35. The summed E-state index contributed by atoms with van der Waals surface area (Å²) in [6.45, 7) is -0.304. The van der Waals surface area contributed by atoms with Crippen molar-refractivity contribution in [2.24, 2.45) is 23.7 Å². The number of hydrogen-bond acceptors (Lipinski definition) is 5. The molecule has 0 spiro atoms. The lowest BCUT2D eigenvalue weighted by molar-refractivity contribution is -0.384. The molecule has 1 heterocycles. The van der Waals surface area contributed by atoms with E-state index >= 15 is 0 Å². The van der Waals surface area contributed by atoms with Crippen LogP contribution in [0.3, 0.4) is 0 Å². The van der Waals surface area contributed by atoms with Crippen molar-refractivity contribution in [2.75, 3.05) is 11.9 Å². The number of nitrogens with one attached hydrogen (secondary N) is 1. The zero-order valence-corrected chi connectivity index (χ0v) is 13.4. The number of non-ortho nitro benzene ring substituents is 1. The van der Waals surface area contributed by atoms with Crippen molar-refractivity contribution >= 4 is 29.1 Å². The zero-order chi connectivity index (χ0) is 17.7. The molecule has 1 aromatic rings. The maximum absolute atomic E-state index is 12.5. The maximum Gasteiger partial charge on any atom is 0.269 e. The third kappa shape index (κ3) is 2.48. The normalized spacial score (nSPS) is 29.8. The number of nitro benzene ring substituents is 1. The van der Waals surface area contributed by atoms with E-state index in [9.17, 15) is 24.5 Å². The minimum atomic E-state index is -0.528. The molecule has 8 nitrogen and oxygen atoms in total. The Morgan fingerprint density at radius 1 is 1.12 bits per heavy atom. The Morgan fingerprint density at radius 3 is 2.20 bits per heavy atom. The number of nitrogens with zero attached hydrogens (tertiary/aromatic N) is 2. The van der Waals surface area contributed by atoms with Crippen molar-refractivity contribution in [3.05, 3.63) is 34.4 Å². The second-order valence-corrected chi connectivity index (χ2v) is 7.00. The van der Waals surface area contributed by atoms with Gasteiger partial charge in [0.25, 0.3) is 5.69 Å². The highest BCUT2D eigenvalue weighted by Gasteiger charge is 2.60. The lowest BCUT2D eigenvalue weighted by Gasteiger charge is -2.19. The number of likely N-dealkylation sites (tertiary alicyclic amines) is 1. The number of rotatable bonds is 4. The number of imide groups is 1. The molecule has 0 unspecified atom stereocenters. The number of carbonyl (C=O) groups is 3. The molecule has 1 N–H and O–H groups in total. The van der Waals surface area contributed by atoms with Gasteiger partial charge in [0.2, 0.25) is 17.7 Å². The van der Waals surface area contributed by atoms with Gasteiger partial charge in [0.15, 0.2) is 0 Å². The Kier molecular flexibility index (Phi) is 3.55. The van der Waals surface area contributed by atoms with Crippen LogP contribution < -0.4 is 5.32 Å². The van der Waals surface area contributed by atoms with E-state index in [0.29, 0.717) is 5.69 Å². The number of amides is 3. The average Bonchev–Trinajstić information content (AvgIpc) is 3.25. The number of anilines is 1. The highest BCUT2D eigenvalue weighted by Crippen LogP contribution is 2.56. The first-order chi connectivity index (χ1) is 12.0. The van der Waals surface area contributed by atoms with E-state index in [0.717, 1.165) is 24.2 Å². The predicted molar refractivity (Wildman–Crippen MR) is 86.3 cm³/mol. The lowest BCUT2D eigenvalue weighted by atomic mass is 9.81. The Hall–Kier alpha value is -2.77. The maximum atomic E-state index is 12.5. The minimum Gasteiger partial charge on any atom is -0.325 e. The summed E-state index contributed by atoms with van der Waals surface area (Å²) in [4.78, 5) is 48.5. The van der Waals surface area contributed by atoms with Gasteiger partial charge in [-0.3, -0.25) is 29.4 Å². The van der Waals surface area contributed by atoms with E-state index in [-0.39, 0.29) is 47.7 Å². The van der Waals surface area contributed by atoms with Crippen molar-refractivity contribution in [3.63, 3.8) is 0 Å². The summed E-state index contributed by atoms with van der Waals surface area (Å²) in [5.74, 6) is -0.829. The van der Waals surface area contributed by atoms with Crippen LogP contribution in [0.25, 0.3) is 0 Å². The van der Waals surface area contributed by atoms with Gasteiger partial charge in [-0.05, 0) is 43.2 Å². The van der Waals surface area contributed by atoms with Gasteiger partial charge in [-0.1, -0.05) is 0 Å². The fourth-order valence-electron chi connectivity index (χ4n) is 4.64. The summed E-state index contributed by atoms with van der Waals surface area (Å²) < 4.78 is 0. The van der Waals surface area contributed by atoms with Gasteiger partial charge in [0.05, 0.1) is 16.8 Å². The molecule has 8 heteroatoms. The van der Waals surface area contributed by atoms with E-state index < -0.39 is 10.8 Å². The fourth-order valence-corrected chi connectivity index (χ4v) is 4.64. The van der Waals surface area contributed by atoms with Gasteiger partial charge >= 0.3 is 0 Å². The van der Waals surface area contributed by atoms with E-state index in [1.807, 2.05) is 0 Å². The molecule has 2 bridgehead atoms. The number of nitro groups is 1. The molecule has 25 heavy (non-hydrogen) atoms. The second-order valence-electron chi connectivity index (χ2n) is 7.00. The van der Waals surface area contributed by atoms with Crippen LogP contribution in [-0.2, 0) is 14.4 Å². The van der Waals surface area contributed by atoms with E-state index in [1.165, 1.54) is 24.3 Å². The molecule has 0 radical (unpaired) electrons. The number of fused-ring (bicyclic) bond motifs is 5. The highest BCUT2D eigenvalue weighted by molar-refractivity contribution is 6.09. The monoisotopic (exact) mass is 343 g/mol. The van der Waals surface area contributed by atoms with Crippen molar-refractivity contribution in [3.8, 4) is 0 Å². The second kappa shape index (κ2) is 5.65. The third-order valence-electron chi connectivity index (χ3n) is 5.68. The third-order valence-corrected chi connectivity index (χ3v) is 5.68. The molecule has 1 saturated heterocycles. The van der Waals surface area contributed by atoms with Crippen LogP contribution in [-0.4, -0.2) is 34.1 Å². The van der Waals surface area contributed by atoms with Crippen molar-refractivity contribution in [2.45, 2.75) is 19.3 Å². The molecule has 2 aliphatic carbocycles. The summed E-state index contributed by atoms with van der Waals surface area (Å²) in [7, 11) is 0. The van der Waals surface area contributed by atoms with Crippen LogP contribution in [0.1, 0.15) is 19.3 Å². The first-order valence-electron chi connectivity index (χ1n) is 8.35. The molecule has 1 aromatic carbocycles. The Balaban J connectivity index is 1.42. The molecule has 3 aliphatic rings. The molecular formula is C17H17N3O5. The van der Waals surface area contributed by atoms with Gasteiger partial charge in [0, 0.05) is 17.8 Å². The van der Waals surface area contributed by atoms with E-state index in [2.05, 4.69) is 5.32 Å². The van der Waals surface area contributed by atoms with Crippen LogP contribution in [0.2, 0.25) is 0 Å². The van der Waals surface area contributed by atoms with Gasteiger partial charge in [-0.2, -0.15) is 0 Å². The van der Waals surface area contributed by atoms with E-state index in [4.69, 9.17) is 0 Å². The Labute approximate surface area is 143 Å². The first kappa shape index (κ1) is 15.7. The summed E-state index contributed by atoms with van der Waals surface area (Å²) in [6, 6.07) is 5.39. The topological polar surface area (TPSA) is 110 Å². The largest absolute Gasteiger partial charge is 0.325 e. The average molecular weight is 343 g/mol. The zero-order valence-electron chi connectivity index (χ0n) is 13.4. The van der Waals surface area contributed by atoms with Crippen LogP contribution >= 0.6 is 0 Å². The number of benzene rings is 1. The molecular weight excluding hydrogens is 326 g/mol. The van der Waals surface area contributed by atoms with Gasteiger partial charge < -0.3 is 5.32 Å². The van der Waals surface area contributed by atoms with Crippen molar-refractivity contribution in [1.82, 2.24) is 4.90 Å². The number of carbonyl (C=O) groups excluding carboxylic acids is 3. The number of hydrogen-bond donors (Lipinski definition) is 1. The van der Waals surface area contributed by atoms with Crippen molar-refractivity contribution < 1.29 is 19.3 Å². The van der Waals surface area contributed by atoms with E-state index in [1.54, 1.807) is 0 Å². The van der Waals surface area contributed by atoms with Crippen LogP contribution in [0.15, 0.2) is 24.3 Å². The smallest absolute Gasteiger partial charge is 0.269 e. The molecule has 0 aromatic heterocycles. The van der Waals surface area contributed by atoms with Gasteiger partial charge in [-0.15, -0.1) is 0 Å². The van der Waals surface area contributed by atoms with Gasteiger partial charge in [0.1, 0.15) is 6.54 Å². The summed E-state index contributed by atoms with van der Waals surface area (Å²) >= 11 is 0. The fraction of sp³-hybridized carbons (Fsp3) is 0.471. The minimum absolute atomic E-state index is 0.0776. The standard InChI is InChI=1S/C17H17N3O5/c21-13(18-11-3-5-12(6-4-11)20(24)25)8-19-16(22)14-9-1-2-10(7-9)15(14)17(19)23/h3-6,9-10,14-15H,1-2,7-8H2,(H,18,21)/t9-,10-,14+,15+/m1/s1. The molecule has 130 valence electrons. The Morgan fingerprint density at radius 2 is 1.68 bits per heavy atom. The van der Waals surface area contributed by atoms with Crippen LogP contribution in [0.4, 0.5) is 11.4 Å². The molecule has 4 rings (SSSR count). The molecule has 3 amide bonds. The van der Waals surface area contributed by atoms with Crippen LogP contribution in [0, 0.1) is 33.8 Å². The van der Waals surface area contributed by atoms with Gasteiger partial charge in [-0.25, -0.2) is 0 Å². The predicted octanol–water partition coefficient (Wildman–Crippen LogP) is 1.56. The molecule has 3 fully saturated rings. The van der Waals surface area contributed by atoms with Crippen LogP contribution in [0.5, 0.6) is 0 Å². The summed E-state index contributed by atoms with van der Waals surface area (Å²) in [5.41, 5.74) is 0.307. The summed E-state index contributed by atoms with van der Waals surface area (Å²) in [5, 5.41) is 13.2. The van der Waals surface area contributed by atoms with Crippen molar-refractivity contribution in [1.29, 1.82) is 0 Å². The molecule has 2 saturated carbocycles. The highest BCUT2D eigenvalue weighted by atomic mass is 16.6. The quantitative estimate of drug-likeness (QED) is 0.507.